The zero-order valence-corrected chi connectivity index (χ0v) is 13.9. The molecular weight excluding hydrogens is 290 g/mol. The maximum atomic E-state index is 12.5. The SMILES string of the molecule is CC(C)NC(=O)C1CC1C(=O)N1CCN(c2ccccc2)CC1. The first-order valence-electron chi connectivity index (χ1n) is 8.45. The summed E-state index contributed by atoms with van der Waals surface area (Å²) >= 11 is 0. The van der Waals surface area contributed by atoms with Crippen LogP contribution in [0.4, 0.5) is 5.69 Å². The van der Waals surface area contributed by atoms with Crippen molar-refractivity contribution < 1.29 is 9.59 Å². The number of benzene rings is 1. The Labute approximate surface area is 137 Å². The van der Waals surface area contributed by atoms with Crippen LogP contribution in [-0.2, 0) is 9.59 Å². The highest BCUT2D eigenvalue weighted by Crippen LogP contribution is 2.40. The van der Waals surface area contributed by atoms with E-state index in [0.29, 0.717) is 6.42 Å². The lowest BCUT2D eigenvalue weighted by Crippen LogP contribution is -2.49. The van der Waals surface area contributed by atoms with E-state index in [9.17, 15) is 9.59 Å². The Morgan fingerprint density at radius 2 is 1.70 bits per heavy atom. The Balaban J connectivity index is 1.49. The van der Waals surface area contributed by atoms with Crippen LogP contribution in [-0.4, -0.2) is 48.9 Å². The molecule has 2 unspecified atom stereocenters. The van der Waals surface area contributed by atoms with Crippen molar-refractivity contribution in [3.05, 3.63) is 30.3 Å². The molecule has 5 heteroatoms. The van der Waals surface area contributed by atoms with Gasteiger partial charge in [0, 0.05) is 37.9 Å². The zero-order chi connectivity index (χ0) is 16.4. The van der Waals surface area contributed by atoms with E-state index in [-0.39, 0.29) is 29.7 Å². The second-order valence-electron chi connectivity index (χ2n) is 6.76. The lowest BCUT2D eigenvalue weighted by atomic mass is 10.2. The molecule has 1 aliphatic carbocycles. The molecule has 1 aliphatic heterocycles. The molecule has 5 nitrogen and oxygen atoms in total. The van der Waals surface area contributed by atoms with Crippen molar-refractivity contribution in [3.8, 4) is 0 Å². The summed E-state index contributed by atoms with van der Waals surface area (Å²) in [7, 11) is 0. The van der Waals surface area contributed by atoms with Gasteiger partial charge < -0.3 is 15.1 Å². The largest absolute Gasteiger partial charge is 0.368 e. The lowest BCUT2D eigenvalue weighted by molar-refractivity contribution is -0.135. The summed E-state index contributed by atoms with van der Waals surface area (Å²) < 4.78 is 0. The van der Waals surface area contributed by atoms with Crippen LogP contribution >= 0.6 is 0 Å². The van der Waals surface area contributed by atoms with Gasteiger partial charge >= 0.3 is 0 Å². The molecule has 1 aromatic carbocycles. The quantitative estimate of drug-likeness (QED) is 0.916. The number of anilines is 1. The van der Waals surface area contributed by atoms with E-state index in [4.69, 9.17) is 0 Å². The van der Waals surface area contributed by atoms with Crippen molar-refractivity contribution in [1.82, 2.24) is 10.2 Å². The van der Waals surface area contributed by atoms with Crippen LogP contribution < -0.4 is 10.2 Å². The van der Waals surface area contributed by atoms with Gasteiger partial charge in [-0.3, -0.25) is 9.59 Å². The number of piperazine rings is 1. The van der Waals surface area contributed by atoms with E-state index >= 15 is 0 Å². The summed E-state index contributed by atoms with van der Waals surface area (Å²) in [5, 5.41) is 2.90. The van der Waals surface area contributed by atoms with Gasteiger partial charge in [-0.1, -0.05) is 18.2 Å². The summed E-state index contributed by atoms with van der Waals surface area (Å²) in [5.41, 5.74) is 1.21. The standard InChI is InChI=1S/C18H25N3O2/c1-13(2)19-17(22)15-12-16(15)18(23)21-10-8-20(9-11-21)14-6-4-3-5-7-14/h3-7,13,15-16H,8-12H2,1-2H3,(H,19,22). The van der Waals surface area contributed by atoms with E-state index in [1.54, 1.807) is 0 Å². The van der Waals surface area contributed by atoms with Crippen molar-refractivity contribution in [2.75, 3.05) is 31.1 Å². The molecule has 124 valence electrons. The molecular formula is C18H25N3O2. The molecule has 2 fully saturated rings. The summed E-state index contributed by atoms with van der Waals surface area (Å²) in [6.45, 7) is 7.07. The minimum absolute atomic E-state index is 0.0290. The average molecular weight is 315 g/mol. The van der Waals surface area contributed by atoms with Gasteiger partial charge in [-0.25, -0.2) is 0 Å². The molecule has 0 aromatic heterocycles. The van der Waals surface area contributed by atoms with Crippen molar-refractivity contribution >= 4 is 17.5 Å². The molecule has 3 rings (SSSR count). The molecule has 1 saturated heterocycles. The first-order valence-corrected chi connectivity index (χ1v) is 8.45. The molecule has 2 atom stereocenters. The third kappa shape index (κ3) is 3.66. The Morgan fingerprint density at radius 3 is 2.30 bits per heavy atom. The molecule has 1 saturated carbocycles. The van der Waals surface area contributed by atoms with E-state index in [2.05, 4.69) is 22.3 Å². The summed E-state index contributed by atoms with van der Waals surface area (Å²) in [4.78, 5) is 28.7. The number of rotatable bonds is 4. The number of para-hydroxylation sites is 1. The molecule has 0 bridgehead atoms. The van der Waals surface area contributed by atoms with Crippen LogP contribution in [0.25, 0.3) is 0 Å². The average Bonchev–Trinajstić information content (AvgIpc) is 3.35. The van der Waals surface area contributed by atoms with Gasteiger partial charge in [-0.2, -0.15) is 0 Å². The minimum atomic E-state index is -0.114. The Hall–Kier alpha value is -2.04. The molecule has 0 radical (unpaired) electrons. The lowest BCUT2D eigenvalue weighted by Gasteiger charge is -2.36. The van der Waals surface area contributed by atoms with Gasteiger partial charge in [-0.15, -0.1) is 0 Å². The van der Waals surface area contributed by atoms with Crippen LogP contribution in [0.2, 0.25) is 0 Å². The molecule has 23 heavy (non-hydrogen) atoms. The normalized spacial score (nSPS) is 23.8. The number of carbonyl (C=O) groups excluding carboxylic acids is 2. The zero-order valence-electron chi connectivity index (χ0n) is 13.9. The molecule has 2 aliphatic rings. The second-order valence-corrected chi connectivity index (χ2v) is 6.76. The number of nitrogens with zero attached hydrogens (tertiary/aromatic N) is 2. The fourth-order valence-electron chi connectivity index (χ4n) is 3.21. The molecule has 0 spiro atoms. The molecule has 1 aromatic rings. The predicted octanol–water partition coefficient (Wildman–Crippen LogP) is 1.50. The van der Waals surface area contributed by atoms with Crippen LogP contribution in [0.3, 0.4) is 0 Å². The minimum Gasteiger partial charge on any atom is -0.368 e. The fraction of sp³-hybridized carbons (Fsp3) is 0.556. The number of carbonyl (C=O) groups is 2. The topological polar surface area (TPSA) is 52.7 Å². The summed E-state index contributed by atoms with van der Waals surface area (Å²) in [5.74, 6) is -0.0306. The van der Waals surface area contributed by atoms with Gasteiger partial charge in [-0.05, 0) is 32.4 Å². The number of amides is 2. The summed E-state index contributed by atoms with van der Waals surface area (Å²) in [6, 6.07) is 10.4. The van der Waals surface area contributed by atoms with Gasteiger partial charge in [0.1, 0.15) is 0 Å². The van der Waals surface area contributed by atoms with Crippen LogP contribution in [0.5, 0.6) is 0 Å². The van der Waals surface area contributed by atoms with Crippen LogP contribution in [0.1, 0.15) is 20.3 Å². The van der Waals surface area contributed by atoms with Crippen molar-refractivity contribution in [2.24, 2.45) is 11.8 Å². The fourth-order valence-corrected chi connectivity index (χ4v) is 3.21. The van der Waals surface area contributed by atoms with Gasteiger partial charge in [0.05, 0.1) is 11.8 Å². The molecule has 2 amide bonds. The predicted molar refractivity (Wildman–Crippen MR) is 90.1 cm³/mol. The van der Waals surface area contributed by atoms with Gasteiger partial charge in [0.15, 0.2) is 0 Å². The maximum absolute atomic E-state index is 12.5. The number of hydrogen-bond acceptors (Lipinski definition) is 3. The van der Waals surface area contributed by atoms with Crippen molar-refractivity contribution in [3.63, 3.8) is 0 Å². The summed E-state index contributed by atoms with van der Waals surface area (Å²) in [6.07, 6.45) is 0.705. The first kappa shape index (κ1) is 15.8. The van der Waals surface area contributed by atoms with Crippen molar-refractivity contribution in [1.29, 1.82) is 0 Å². The highest BCUT2D eigenvalue weighted by Gasteiger charge is 2.49. The first-order chi connectivity index (χ1) is 11.1. The van der Waals surface area contributed by atoms with E-state index < -0.39 is 0 Å². The Morgan fingerprint density at radius 1 is 1.04 bits per heavy atom. The highest BCUT2D eigenvalue weighted by molar-refractivity contribution is 5.92. The van der Waals surface area contributed by atoms with E-state index in [0.717, 1.165) is 26.2 Å². The third-order valence-electron chi connectivity index (χ3n) is 4.59. The Kier molecular flexibility index (Phi) is 4.55. The third-order valence-corrected chi connectivity index (χ3v) is 4.59. The molecule has 1 heterocycles. The van der Waals surface area contributed by atoms with Gasteiger partial charge in [0.25, 0.3) is 0 Å². The second kappa shape index (κ2) is 6.60. The Bertz CT molecular complexity index is 565. The van der Waals surface area contributed by atoms with Crippen LogP contribution in [0, 0.1) is 11.8 Å². The van der Waals surface area contributed by atoms with E-state index in [1.807, 2.05) is 36.9 Å². The maximum Gasteiger partial charge on any atom is 0.226 e. The van der Waals surface area contributed by atoms with E-state index in [1.165, 1.54) is 5.69 Å². The highest BCUT2D eigenvalue weighted by atomic mass is 16.2. The number of nitrogens with one attached hydrogen (secondary N) is 1. The van der Waals surface area contributed by atoms with Crippen molar-refractivity contribution in [2.45, 2.75) is 26.3 Å². The number of hydrogen-bond donors (Lipinski definition) is 1. The van der Waals surface area contributed by atoms with Gasteiger partial charge in [0.2, 0.25) is 11.8 Å². The van der Waals surface area contributed by atoms with Crippen LogP contribution in [0.15, 0.2) is 30.3 Å². The smallest absolute Gasteiger partial charge is 0.226 e. The monoisotopic (exact) mass is 315 g/mol. The molecule has 1 N–H and O–H groups in total.